The minimum atomic E-state index is -1.05. The highest BCUT2D eigenvalue weighted by atomic mass is 35.5. The van der Waals surface area contributed by atoms with Gasteiger partial charge in [0.25, 0.3) is 5.91 Å². The molecule has 1 aromatic carbocycles. The highest BCUT2D eigenvalue weighted by Gasteiger charge is 2.21. The van der Waals surface area contributed by atoms with Crippen molar-refractivity contribution in [3.63, 3.8) is 0 Å². The number of carbonyl (C=O) groups is 2. The van der Waals surface area contributed by atoms with Gasteiger partial charge in [0.1, 0.15) is 5.82 Å². The zero-order valence-electron chi connectivity index (χ0n) is 11.4. The maximum absolute atomic E-state index is 13.3. The molecular formula is C13H14Cl2FNO4. The Morgan fingerprint density at radius 3 is 2.62 bits per heavy atom. The summed E-state index contributed by atoms with van der Waals surface area (Å²) in [5, 5.41) is 2.24. The number of methoxy groups -OCH3 is 1. The first-order chi connectivity index (χ1) is 9.86. The molecular weight excluding hydrogens is 324 g/mol. The van der Waals surface area contributed by atoms with Gasteiger partial charge in [0, 0.05) is 13.7 Å². The van der Waals surface area contributed by atoms with E-state index in [1.54, 1.807) is 0 Å². The molecule has 0 aliphatic carbocycles. The van der Waals surface area contributed by atoms with Gasteiger partial charge in [0.15, 0.2) is 6.10 Å². The molecule has 21 heavy (non-hydrogen) atoms. The van der Waals surface area contributed by atoms with Crippen molar-refractivity contribution < 1.29 is 23.5 Å². The average Bonchev–Trinajstić information content (AvgIpc) is 2.42. The van der Waals surface area contributed by atoms with E-state index >= 15 is 0 Å². The lowest BCUT2D eigenvalue weighted by Gasteiger charge is -2.14. The molecule has 0 heterocycles. The molecule has 0 bridgehead atoms. The van der Waals surface area contributed by atoms with Crippen LogP contribution in [0.1, 0.15) is 17.3 Å². The van der Waals surface area contributed by atoms with Gasteiger partial charge in [-0.25, -0.2) is 9.18 Å². The maximum atomic E-state index is 13.3. The van der Waals surface area contributed by atoms with Crippen molar-refractivity contribution in [2.45, 2.75) is 13.0 Å². The summed E-state index contributed by atoms with van der Waals surface area (Å²) < 4.78 is 23.0. The average molecular weight is 338 g/mol. The summed E-state index contributed by atoms with van der Waals surface area (Å²) in [4.78, 5) is 23.5. The number of rotatable bonds is 6. The molecule has 1 amide bonds. The second kappa shape index (κ2) is 8.17. The molecule has 116 valence electrons. The van der Waals surface area contributed by atoms with E-state index in [1.165, 1.54) is 14.0 Å². The molecule has 8 heteroatoms. The molecule has 0 radical (unpaired) electrons. The second-order valence-corrected chi connectivity index (χ2v) is 4.89. The normalized spacial score (nSPS) is 11.9. The largest absolute Gasteiger partial charge is 0.449 e. The number of hydrogen-bond acceptors (Lipinski definition) is 4. The Morgan fingerprint density at radius 2 is 2.00 bits per heavy atom. The van der Waals surface area contributed by atoms with Crippen molar-refractivity contribution in [3.8, 4) is 0 Å². The van der Waals surface area contributed by atoms with Gasteiger partial charge in [-0.05, 0) is 19.1 Å². The van der Waals surface area contributed by atoms with E-state index in [-0.39, 0.29) is 22.2 Å². The standard InChI is InChI=1S/C13H14Cl2FNO4/c1-7(12(18)17-3-4-20-2)21-13(19)8-5-11(16)10(15)6-9(8)14/h5-7H,3-4H2,1-2H3,(H,17,18)/t7-/m1/s1. The van der Waals surface area contributed by atoms with Crippen molar-refractivity contribution in [1.82, 2.24) is 5.32 Å². The van der Waals surface area contributed by atoms with Crippen molar-refractivity contribution in [3.05, 3.63) is 33.6 Å². The van der Waals surface area contributed by atoms with Crippen LogP contribution in [0.2, 0.25) is 10.0 Å². The van der Waals surface area contributed by atoms with E-state index in [9.17, 15) is 14.0 Å². The smallest absolute Gasteiger partial charge is 0.340 e. The van der Waals surface area contributed by atoms with Crippen LogP contribution in [0.5, 0.6) is 0 Å². The van der Waals surface area contributed by atoms with Crippen LogP contribution in [0.25, 0.3) is 0 Å². The molecule has 0 spiro atoms. The van der Waals surface area contributed by atoms with Gasteiger partial charge in [0.2, 0.25) is 0 Å². The number of nitrogens with one attached hydrogen (secondary N) is 1. The van der Waals surface area contributed by atoms with Gasteiger partial charge in [0.05, 0.1) is 22.2 Å². The molecule has 0 saturated heterocycles. The molecule has 1 atom stereocenters. The topological polar surface area (TPSA) is 64.6 Å². The van der Waals surface area contributed by atoms with Crippen LogP contribution in [0.4, 0.5) is 4.39 Å². The molecule has 0 unspecified atom stereocenters. The number of benzene rings is 1. The van der Waals surface area contributed by atoms with Gasteiger partial charge in [-0.2, -0.15) is 0 Å². The Kier molecular flexibility index (Phi) is 6.87. The zero-order valence-corrected chi connectivity index (χ0v) is 12.9. The molecule has 1 aromatic rings. The maximum Gasteiger partial charge on any atom is 0.340 e. The monoisotopic (exact) mass is 337 g/mol. The number of hydrogen-bond donors (Lipinski definition) is 1. The van der Waals surface area contributed by atoms with Crippen LogP contribution in [-0.4, -0.2) is 38.2 Å². The van der Waals surface area contributed by atoms with Crippen molar-refractivity contribution >= 4 is 35.1 Å². The summed E-state index contributed by atoms with van der Waals surface area (Å²) in [6.07, 6.45) is -1.05. The Hall–Kier alpha value is -1.37. The van der Waals surface area contributed by atoms with E-state index in [0.29, 0.717) is 6.61 Å². The predicted molar refractivity (Wildman–Crippen MR) is 76.2 cm³/mol. The third kappa shape index (κ3) is 5.15. The molecule has 0 saturated carbocycles. The second-order valence-electron chi connectivity index (χ2n) is 4.08. The lowest BCUT2D eigenvalue weighted by molar-refractivity contribution is -0.129. The quantitative estimate of drug-likeness (QED) is 0.492. The van der Waals surface area contributed by atoms with E-state index in [0.717, 1.165) is 12.1 Å². The number of ether oxygens (including phenoxy) is 2. The Morgan fingerprint density at radius 1 is 1.33 bits per heavy atom. The molecule has 0 aromatic heterocycles. The van der Waals surface area contributed by atoms with Crippen LogP contribution >= 0.6 is 23.2 Å². The summed E-state index contributed by atoms with van der Waals surface area (Å²) >= 11 is 11.3. The zero-order chi connectivity index (χ0) is 16.0. The summed E-state index contributed by atoms with van der Waals surface area (Å²) in [7, 11) is 1.49. The first-order valence-corrected chi connectivity index (χ1v) is 6.74. The fourth-order valence-corrected chi connectivity index (χ4v) is 1.84. The molecule has 0 aliphatic heterocycles. The van der Waals surface area contributed by atoms with Crippen LogP contribution < -0.4 is 5.32 Å². The fraction of sp³-hybridized carbons (Fsp3) is 0.385. The molecule has 0 fully saturated rings. The Bertz CT molecular complexity index is 539. The van der Waals surface area contributed by atoms with E-state index in [1.807, 2.05) is 0 Å². The number of esters is 1. The number of carbonyl (C=O) groups excluding carboxylic acids is 2. The molecule has 1 N–H and O–H groups in total. The lowest BCUT2D eigenvalue weighted by Crippen LogP contribution is -2.37. The van der Waals surface area contributed by atoms with Crippen LogP contribution in [0.15, 0.2) is 12.1 Å². The first-order valence-electron chi connectivity index (χ1n) is 5.99. The summed E-state index contributed by atoms with van der Waals surface area (Å²) in [5.41, 5.74) is -0.199. The van der Waals surface area contributed by atoms with Gasteiger partial charge >= 0.3 is 5.97 Å². The third-order valence-corrected chi connectivity index (χ3v) is 3.09. The van der Waals surface area contributed by atoms with E-state index in [2.05, 4.69) is 5.32 Å². The Labute approximate surface area is 131 Å². The van der Waals surface area contributed by atoms with Crippen LogP contribution in [0, 0.1) is 5.82 Å². The van der Waals surface area contributed by atoms with Crippen LogP contribution in [0.3, 0.4) is 0 Å². The van der Waals surface area contributed by atoms with Gasteiger partial charge in [-0.3, -0.25) is 4.79 Å². The predicted octanol–water partition coefficient (Wildman–Crippen LogP) is 2.44. The molecule has 1 rings (SSSR count). The third-order valence-electron chi connectivity index (χ3n) is 2.49. The van der Waals surface area contributed by atoms with Gasteiger partial charge in [-0.1, -0.05) is 23.2 Å². The summed E-state index contributed by atoms with van der Waals surface area (Å²) in [6, 6.07) is 1.96. The summed E-state index contributed by atoms with van der Waals surface area (Å²) in [6.45, 7) is 2.01. The van der Waals surface area contributed by atoms with Gasteiger partial charge < -0.3 is 14.8 Å². The molecule has 0 aliphatic rings. The van der Waals surface area contributed by atoms with Crippen LogP contribution in [-0.2, 0) is 14.3 Å². The van der Waals surface area contributed by atoms with E-state index in [4.69, 9.17) is 32.7 Å². The highest BCUT2D eigenvalue weighted by Crippen LogP contribution is 2.25. The molecule has 5 nitrogen and oxygen atoms in total. The fourth-order valence-electron chi connectivity index (χ4n) is 1.38. The first kappa shape index (κ1) is 17.7. The SMILES string of the molecule is COCCNC(=O)[C@@H](C)OC(=O)c1cc(F)c(Cl)cc1Cl. The highest BCUT2D eigenvalue weighted by molar-refractivity contribution is 6.36. The number of amides is 1. The van der Waals surface area contributed by atoms with E-state index < -0.39 is 23.8 Å². The van der Waals surface area contributed by atoms with Crippen molar-refractivity contribution in [2.24, 2.45) is 0 Å². The Balaban J connectivity index is 2.68. The number of halogens is 3. The van der Waals surface area contributed by atoms with Gasteiger partial charge in [-0.15, -0.1) is 0 Å². The summed E-state index contributed by atoms with van der Waals surface area (Å²) in [5.74, 6) is -2.21. The lowest BCUT2D eigenvalue weighted by atomic mass is 10.2. The van der Waals surface area contributed by atoms with Crippen molar-refractivity contribution in [1.29, 1.82) is 0 Å². The minimum Gasteiger partial charge on any atom is -0.449 e. The minimum absolute atomic E-state index is 0.0570. The van der Waals surface area contributed by atoms with Crippen molar-refractivity contribution in [2.75, 3.05) is 20.3 Å².